The molecule has 0 radical (unpaired) electrons. The normalized spacial score (nSPS) is 11.5. The van der Waals surface area contributed by atoms with Gasteiger partial charge in [0.25, 0.3) is 0 Å². The highest BCUT2D eigenvalue weighted by atomic mass is 16.2. The van der Waals surface area contributed by atoms with Gasteiger partial charge in [-0.3, -0.25) is 4.79 Å². The average Bonchev–Trinajstić information content (AvgIpc) is 2.80. The predicted molar refractivity (Wildman–Crippen MR) is 144 cm³/mol. The Kier molecular flexibility index (Phi) is 25.8. The fraction of sp³-hybridized carbons (Fsp3) is 0.900. The van der Waals surface area contributed by atoms with E-state index in [0.29, 0.717) is 5.91 Å². The average molecular weight is 450 g/mol. The fourth-order valence-corrected chi connectivity index (χ4v) is 4.33. The number of hydrogen-bond acceptors (Lipinski definition) is 1. The van der Waals surface area contributed by atoms with Gasteiger partial charge in [0.05, 0.1) is 0 Å². The first-order chi connectivity index (χ1) is 15.8. The van der Waals surface area contributed by atoms with Crippen LogP contribution in [0.4, 0.5) is 0 Å². The van der Waals surface area contributed by atoms with Gasteiger partial charge in [-0.1, -0.05) is 123 Å². The Morgan fingerprint density at radius 1 is 0.500 bits per heavy atom. The summed E-state index contributed by atoms with van der Waals surface area (Å²) in [5, 5.41) is 0. The standard InChI is InChI=1S/C30H59NO/c1-4-7-10-13-14-15-16-17-18-19-20-21-22-23-24-27-30(32)31(28-25-11-8-5-2)29-26-12-9-6-3/h17-18H,4-16,19-29H2,1-3H3/b18-17-. The lowest BCUT2D eigenvalue weighted by Gasteiger charge is -2.23. The van der Waals surface area contributed by atoms with E-state index >= 15 is 0 Å². The van der Waals surface area contributed by atoms with Gasteiger partial charge in [-0.15, -0.1) is 0 Å². The third kappa shape index (κ3) is 22.4. The molecule has 32 heavy (non-hydrogen) atoms. The topological polar surface area (TPSA) is 20.3 Å². The van der Waals surface area contributed by atoms with Gasteiger partial charge in [0.1, 0.15) is 0 Å². The Hall–Kier alpha value is -0.790. The molecule has 0 unspecified atom stereocenters. The summed E-state index contributed by atoms with van der Waals surface area (Å²) in [6.45, 7) is 8.75. The number of amides is 1. The molecule has 0 rings (SSSR count). The van der Waals surface area contributed by atoms with Gasteiger partial charge in [0.2, 0.25) is 5.91 Å². The maximum atomic E-state index is 12.7. The molecule has 0 saturated heterocycles. The first-order valence-corrected chi connectivity index (χ1v) is 14.7. The highest BCUT2D eigenvalue weighted by molar-refractivity contribution is 5.76. The van der Waals surface area contributed by atoms with Crippen molar-refractivity contribution in [3.05, 3.63) is 12.2 Å². The molecule has 0 aromatic carbocycles. The molecule has 0 aromatic rings. The van der Waals surface area contributed by atoms with Gasteiger partial charge in [-0.2, -0.15) is 0 Å². The van der Waals surface area contributed by atoms with Crippen molar-refractivity contribution in [2.24, 2.45) is 0 Å². The SMILES string of the molecule is CCCCCCCC/C=C\CCCCCCCC(=O)N(CCCCCC)CCCCCC. The highest BCUT2D eigenvalue weighted by Crippen LogP contribution is 2.12. The summed E-state index contributed by atoms with van der Waals surface area (Å²) in [6, 6.07) is 0. The van der Waals surface area contributed by atoms with Crippen LogP contribution < -0.4 is 0 Å². The number of rotatable bonds is 25. The second kappa shape index (κ2) is 26.5. The van der Waals surface area contributed by atoms with Crippen LogP contribution in [0.15, 0.2) is 12.2 Å². The van der Waals surface area contributed by atoms with Crippen molar-refractivity contribution in [1.82, 2.24) is 4.90 Å². The minimum atomic E-state index is 0.413. The fourth-order valence-electron chi connectivity index (χ4n) is 4.33. The Bertz CT molecular complexity index is 392. The van der Waals surface area contributed by atoms with Crippen LogP contribution >= 0.6 is 0 Å². The summed E-state index contributed by atoms with van der Waals surface area (Å²) >= 11 is 0. The third-order valence-corrected chi connectivity index (χ3v) is 6.57. The van der Waals surface area contributed by atoms with Crippen molar-refractivity contribution in [2.45, 2.75) is 162 Å². The van der Waals surface area contributed by atoms with Crippen molar-refractivity contribution >= 4 is 5.91 Å². The summed E-state index contributed by atoms with van der Waals surface area (Å²) in [6.07, 6.45) is 32.6. The molecule has 0 aliphatic rings. The predicted octanol–water partition coefficient (Wildman–Crippen LogP) is 10.0. The zero-order chi connectivity index (χ0) is 23.5. The van der Waals surface area contributed by atoms with E-state index in [9.17, 15) is 4.79 Å². The molecule has 0 aliphatic heterocycles. The van der Waals surface area contributed by atoms with Gasteiger partial charge in [-0.05, 0) is 44.9 Å². The summed E-state index contributed by atoms with van der Waals surface area (Å²) < 4.78 is 0. The molecule has 0 saturated carbocycles. The lowest BCUT2D eigenvalue weighted by molar-refractivity contribution is -0.131. The molecule has 0 fully saturated rings. The quantitative estimate of drug-likeness (QED) is 0.100. The zero-order valence-electron chi connectivity index (χ0n) is 22.5. The van der Waals surface area contributed by atoms with Crippen LogP contribution in [-0.2, 0) is 4.79 Å². The largest absolute Gasteiger partial charge is 0.343 e. The number of nitrogens with zero attached hydrogens (tertiary/aromatic N) is 1. The van der Waals surface area contributed by atoms with Gasteiger partial charge in [-0.25, -0.2) is 0 Å². The van der Waals surface area contributed by atoms with E-state index in [1.165, 1.54) is 128 Å². The van der Waals surface area contributed by atoms with E-state index in [1.54, 1.807) is 0 Å². The first kappa shape index (κ1) is 31.2. The van der Waals surface area contributed by atoms with E-state index < -0.39 is 0 Å². The zero-order valence-corrected chi connectivity index (χ0v) is 22.5. The smallest absolute Gasteiger partial charge is 0.222 e. The number of carbonyl (C=O) groups is 1. The number of unbranched alkanes of at least 4 members (excludes halogenated alkanes) is 17. The molecule has 0 bridgehead atoms. The Labute approximate surface area is 203 Å². The van der Waals surface area contributed by atoms with Crippen LogP contribution in [0.5, 0.6) is 0 Å². The number of carbonyl (C=O) groups excluding carboxylic acids is 1. The van der Waals surface area contributed by atoms with Crippen molar-refractivity contribution < 1.29 is 4.79 Å². The summed E-state index contributed by atoms with van der Waals surface area (Å²) in [4.78, 5) is 14.9. The molecule has 0 aliphatic carbocycles. The van der Waals surface area contributed by atoms with E-state index in [1.807, 2.05) is 0 Å². The molecule has 0 N–H and O–H groups in total. The molecule has 2 nitrogen and oxygen atoms in total. The monoisotopic (exact) mass is 449 g/mol. The van der Waals surface area contributed by atoms with E-state index in [2.05, 4.69) is 37.8 Å². The molecule has 0 heterocycles. The molecular formula is C30H59NO. The van der Waals surface area contributed by atoms with Gasteiger partial charge in [0, 0.05) is 19.5 Å². The maximum Gasteiger partial charge on any atom is 0.222 e. The number of allylic oxidation sites excluding steroid dienone is 2. The van der Waals surface area contributed by atoms with Crippen LogP contribution in [0.3, 0.4) is 0 Å². The minimum absolute atomic E-state index is 0.413. The summed E-state index contributed by atoms with van der Waals surface area (Å²) in [5.41, 5.74) is 0. The maximum absolute atomic E-state index is 12.7. The summed E-state index contributed by atoms with van der Waals surface area (Å²) in [7, 11) is 0. The van der Waals surface area contributed by atoms with Gasteiger partial charge in [0.15, 0.2) is 0 Å². The van der Waals surface area contributed by atoms with Crippen molar-refractivity contribution in [2.75, 3.05) is 13.1 Å². The molecule has 0 aromatic heterocycles. The molecular weight excluding hydrogens is 390 g/mol. The Balaban J connectivity index is 3.72. The highest BCUT2D eigenvalue weighted by Gasteiger charge is 2.12. The molecule has 2 heteroatoms. The Morgan fingerprint density at radius 2 is 0.875 bits per heavy atom. The van der Waals surface area contributed by atoms with Crippen LogP contribution in [0, 0.1) is 0 Å². The second-order valence-electron chi connectivity index (χ2n) is 9.84. The molecule has 0 spiro atoms. The molecule has 0 atom stereocenters. The first-order valence-electron chi connectivity index (χ1n) is 14.7. The van der Waals surface area contributed by atoms with Crippen molar-refractivity contribution in [1.29, 1.82) is 0 Å². The van der Waals surface area contributed by atoms with E-state index in [0.717, 1.165) is 25.9 Å². The second-order valence-corrected chi connectivity index (χ2v) is 9.84. The third-order valence-electron chi connectivity index (χ3n) is 6.57. The number of hydrogen-bond donors (Lipinski definition) is 0. The summed E-state index contributed by atoms with van der Waals surface area (Å²) in [5.74, 6) is 0.413. The van der Waals surface area contributed by atoms with Crippen LogP contribution in [0.2, 0.25) is 0 Å². The van der Waals surface area contributed by atoms with Gasteiger partial charge >= 0.3 is 0 Å². The van der Waals surface area contributed by atoms with E-state index in [-0.39, 0.29) is 0 Å². The van der Waals surface area contributed by atoms with Crippen LogP contribution in [0.1, 0.15) is 162 Å². The Morgan fingerprint density at radius 3 is 1.34 bits per heavy atom. The molecule has 1 amide bonds. The van der Waals surface area contributed by atoms with E-state index in [4.69, 9.17) is 0 Å². The minimum Gasteiger partial charge on any atom is -0.343 e. The van der Waals surface area contributed by atoms with Crippen LogP contribution in [-0.4, -0.2) is 23.9 Å². The van der Waals surface area contributed by atoms with Crippen molar-refractivity contribution in [3.8, 4) is 0 Å². The van der Waals surface area contributed by atoms with Crippen LogP contribution in [0.25, 0.3) is 0 Å². The van der Waals surface area contributed by atoms with Crippen molar-refractivity contribution in [3.63, 3.8) is 0 Å². The van der Waals surface area contributed by atoms with Gasteiger partial charge < -0.3 is 4.90 Å². The lowest BCUT2D eigenvalue weighted by Crippen LogP contribution is -2.32. The molecule has 190 valence electrons. The lowest BCUT2D eigenvalue weighted by atomic mass is 10.1.